The molecule has 0 aliphatic carbocycles. The predicted octanol–water partition coefficient (Wildman–Crippen LogP) is 4.00. The third-order valence-corrected chi connectivity index (χ3v) is 10.1. The van der Waals surface area contributed by atoms with Crippen LogP contribution in [0, 0.1) is 11.7 Å². The number of thiophene rings is 1. The van der Waals surface area contributed by atoms with Gasteiger partial charge in [-0.2, -0.15) is 4.31 Å². The number of hydrogen-bond donors (Lipinski definition) is 3. The highest BCUT2D eigenvalue weighted by Crippen LogP contribution is 2.30. The summed E-state index contributed by atoms with van der Waals surface area (Å²) in [6.07, 6.45) is -0.689. The highest BCUT2D eigenvalue weighted by molar-refractivity contribution is 7.91. The standard InChI is InChI=1S/C28H33FN4O6S2/c1-18-15-33(19(2)17-34)26(35)14-20-13-23(31-28(36)30-22-8-6-21(29)7-9-22)10-11-24(20)39-25(18)16-32(3)41(37,38)27-5-4-12-40-27/h4-13,18-19,25,34H,14-17H2,1-3H3,(H2,30,31,36)/t18-,19+,25+/m1/s1. The van der Waals surface area contributed by atoms with E-state index in [9.17, 15) is 27.5 Å². The molecule has 1 aromatic heterocycles. The molecule has 0 radical (unpaired) electrons. The number of aliphatic hydroxyl groups is 1. The largest absolute Gasteiger partial charge is 0.488 e. The van der Waals surface area contributed by atoms with E-state index in [0.717, 1.165) is 11.3 Å². The first-order valence-corrected chi connectivity index (χ1v) is 15.3. The summed E-state index contributed by atoms with van der Waals surface area (Å²) in [5.41, 5.74) is 1.28. The number of ether oxygens (including phenoxy) is 1. The molecule has 3 amide bonds. The molecule has 220 valence electrons. The van der Waals surface area contributed by atoms with E-state index in [1.165, 1.54) is 35.6 Å². The molecular weight excluding hydrogens is 571 g/mol. The van der Waals surface area contributed by atoms with Crippen LogP contribution in [0.2, 0.25) is 0 Å². The van der Waals surface area contributed by atoms with Crippen molar-refractivity contribution >= 4 is 44.7 Å². The molecule has 2 heterocycles. The Morgan fingerprint density at radius 1 is 1.20 bits per heavy atom. The monoisotopic (exact) mass is 604 g/mol. The lowest BCUT2D eigenvalue weighted by atomic mass is 10.0. The van der Waals surface area contributed by atoms with Crippen LogP contribution in [0.1, 0.15) is 19.4 Å². The number of benzene rings is 2. The Kier molecular flexibility index (Phi) is 9.64. The number of nitrogens with one attached hydrogen (secondary N) is 2. The van der Waals surface area contributed by atoms with Crippen molar-refractivity contribution in [2.75, 3.05) is 37.4 Å². The maximum atomic E-state index is 13.4. The van der Waals surface area contributed by atoms with E-state index in [1.54, 1.807) is 47.5 Å². The lowest BCUT2D eigenvalue weighted by Gasteiger charge is -2.33. The van der Waals surface area contributed by atoms with Crippen LogP contribution < -0.4 is 15.4 Å². The third-order valence-electron chi connectivity index (χ3n) is 6.87. The number of carbonyl (C=O) groups is 2. The smallest absolute Gasteiger partial charge is 0.323 e. The molecule has 0 spiro atoms. The fraction of sp³-hybridized carbons (Fsp3) is 0.357. The molecule has 1 aliphatic heterocycles. The van der Waals surface area contributed by atoms with E-state index in [-0.39, 0.29) is 42.2 Å². The molecule has 0 bridgehead atoms. The molecule has 13 heteroatoms. The first-order chi connectivity index (χ1) is 19.5. The van der Waals surface area contributed by atoms with Gasteiger partial charge in [-0.25, -0.2) is 17.6 Å². The zero-order valence-electron chi connectivity index (χ0n) is 22.9. The maximum absolute atomic E-state index is 13.4. The van der Waals surface area contributed by atoms with Crippen molar-refractivity contribution in [1.29, 1.82) is 0 Å². The SMILES string of the molecule is C[C@@H]1CN([C@@H](C)CO)C(=O)Cc2cc(NC(=O)Nc3ccc(F)cc3)ccc2O[C@H]1CN(C)S(=O)(=O)c1cccs1. The molecule has 0 fully saturated rings. The summed E-state index contributed by atoms with van der Waals surface area (Å²) < 4.78 is 47.3. The summed E-state index contributed by atoms with van der Waals surface area (Å²) >= 11 is 1.13. The number of rotatable bonds is 8. The number of sulfonamides is 1. The zero-order chi connectivity index (χ0) is 29.7. The van der Waals surface area contributed by atoms with Gasteiger partial charge in [-0.1, -0.05) is 13.0 Å². The first-order valence-electron chi connectivity index (χ1n) is 13.0. The number of fused-ring (bicyclic) bond motifs is 1. The molecular formula is C28H33FN4O6S2. The van der Waals surface area contributed by atoms with E-state index in [1.807, 2.05) is 6.92 Å². The Hall–Kier alpha value is -3.52. The van der Waals surface area contributed by atoms with Crippen LogP contribution in [0.15, 0.2) is 64.2 Å². The number of carbonyl (C=O) groups excluding carboxylic acids is 2. The molecule has 0 unspecified atom stereocenters. The number of nitrogens with zero attached hydrogens (tertiary/aromatic N) is 2. The van der Waals surface area contributed by atoms with Gasteiger partial charge in [-0.15, -0.1) is 11.3 Å². The number of anilines is 2. The molecule has 1 aliphatic rings. The molecule has 3 aromatic rings. The average molecular weight is 605 g/mol. The van der Waals surface area contributed by atoms with Crippen molar-refractivity contribution in [2.24, 2.45) is 5.92 Å². The van der Waals surface area contributed by atoms with Crippen molar-refractivity contribution in [3.63, 3.8) is 0 Å². The molecule has 3 N–H and O–H groups in total. The van der Waals surface area contributed by atoms with Crippen molar-refractivity contribution in [1.82, 2.24) is 9.21 Å². The topological polar surface area (TPSA) is 128 Å². The number of amides is 3. The highest BCUT2D eigenvalue weighted by atomic mass is 32.2. The second-order valence-electron chi connectivity index (χ2n) is 10.0. The number of aliphatic hydroxyl groups excluding tert-OH is 1. The second-order valence-corrected chi connectivity index (χ2v) is 13.2. The molecule has 0 saturated heterocycles. The van der Waals surface area contributed by atoms with Gasteiger partial charge in [-0.05, 0) is 60.8 Å². The van der Waals surface area contributed by atoms with Gasteiger partial charge in [0.15, 0.2) is 0 Å². The number of urea groups is 1. The number of likely N-dealkylation sites (N-methyl/N-ethyl adjacent to an activating group) is 1. The summed E-state index contributed by atoms with van der Waals surface area (Å²) in [6, 6.07) is 12.4. The van der Waals surface area contributed by atoms with E-state index in [0.29, 0.717) is 22.7 Å². The maximum Gasteiger partial charge on any atom is 0.323 e. The lowest BCUT2D eigenvalue weighted by Crippen LogP contribution is -2.48. The molecule has 4 rings (SSSR count). The van der Waals surface area contributed by atoms with E-state index < -0.39 is 34.0 Å². The van der Waals surface area contributed by atoms with Gasteiger partial charge in [-0.3, -0.25) is 4.79 Å². The summed E-state index contributed by atoms with van der Waals surface area (Å²) in [4.78, 5) is 27.5. The fourth-order valence-corrected chi connectivity index (χ4v) is 6.85. The quantitative estimate of drug-likeness (QED) is 0.357. The Bertz CT molecular complexity index is 1470. The zero-order valence-corrected chi connectivity index (χ0v) is 24.5. The minimum absolute atomic E-state index is 0.0243. The lowest BCUT2D eigenvalue weighted by molar-refractivity contribution is -0.134. The molecule has 3 atom stereocenters. The third kappa shape index (κ3) is 7.41. The van der Waals surface area contributed by atoms with Crippen molar-refractivity contribution in [2.45, 2.75) is 36.6 Å². The molecule has 2 aromatic carbocycles. The number of halogens is 1. The van der Waals surface area contributed by atoms with Crippen LogP contribution in [-0.4, -0.2) is 73.6 Å². The van der Waals surface area contributed by atoms with Crippen LogP contribution in [0.5, 0.6) is 5.75 Å². The van der Waals surface area contributed by atoms with Gasteiger partial charge < -0.3 is 25.4 Å². The fourth-order valence-electron chi connectivity index (χ4n) is 4.47. The average Bonchev–Trinajstić information content (AvgIpc) is 3.49. The van der Waals surface area contributed by atoms with Crippen LogP contribution >= 0.6 is 11.3 Å². The van der Waals surface area contributed by atoms with Gasteiger partial charge >= 0.3 is 6.03 Å². The van der Waals surface area contributed by atoms with Crippen molar-refractivity contribution < 1.29 is 32.2 Å². The molecule has 0 saturated carbocycles. The van der Waals surface area contributed by atoms with Crippen LogP contribution in [0.25, 0.3) is 0 Å². The van der Waals surface area contributed by atoms with Gasteiger partial charge in [0.25, 0.3) is 10.0 Å². The normalized spacial score (nSPS) is 18.5. The van der Waals surface area contributed by atoms with Crippen molar-refractivity contribution in [3.8, 4) is 5.75 Å². The van der Waals surface area contributed by atoms with Crippen molar-refractivity contribution in [3.05, 3.63) is 71.4 Å². The number of hydrogen-bond acceptors (Lipinski definition) is 7. The van der Waals surface area contributed by atoms with Gasteiger partial charge in [0.05, 0.1) is 25.6 Å². The van der Waals surface area contributed by atoms with Gasteiger partial charge in [0.1, 0.15) is 21.9 Å². The van der Waals surface area contributed by atoms with Crippen LogP contribution in [-0.2, 0) is 21.2 Å². The van der Waals surface area contributed by atoms with E-state index in [2.05, 4.69) is 10.6 Å². The minimum atomic E-state index is -3.74. The minimum Gasteiger partial charge on any atom is -0.488 e. The summed E-state index contributed by atoms with van der Waals surface area (Å²) in [7, 11) is -2.25. The summed E-state index contributed by atoms with van der Waals surface area (Å²) in [5.74, 6) is -0.568. The highest BCUT2D eigenvalue weighted by Gasteiger charge is 2.33. The Morgan fingerprint density at radius 3 is 2.54 bits per heavy atom. The summed E-state index contributed by atoms with van der Waals surface area (Å²) in [5, 5.41) is 16.9. The van der Waals surface area contributed by atoms with E-state index in [4.69, 9.17) is 4.74 Å². The van der Waals surface area contributed by atoms with E-state index >= 15 is 0 Å². The Morgan fingerprint density at radius 2 is 1.88 bits per heavy atom. The summed E-state index contributed by atoms with van der Waals surface area (Å²) in [6.45, 7) is 3.65. The predicted molar refractivity (Wildman–Crippen MR) is 155 cm³/mol. The Labute approximate surface area is 242 Å². The first kappa shape index (κ1) is 30.4. The molecule has 10 nitrogen and oxygen atoms in total. The van der Waals surface area contributed by atoms with Crippen LogP contribution in [0.3, 0.4) is 0 Å². The molecule has 41 heavy (non-hydrogen) atoms. The van der Waals surface area contributed by atoms with Gasteiger partial charge in [0.2, 0.25) is 5.91 Å². The second kappa shape index (κ2) is 13.0. The Balaban J connectivity index is 1.60. The van der Waals surface area contributed by atoms with Gasteiger partial charge in [0, 0.05) is 36.4 Å². The van der Waals surface area contributed by atoms with Crippen LogP contribution in [0.4, 0.5) is 20.6 Å².